The van der Waals surface area contributed by atoms with E-state index in [4.69, 9.17) is 44.6 Å². The number of carbonyl (C=O) groups is 2. The number of ether oxygens (including phenoxy) is 1. The zero-order valence-corrected chi connectivity index (χ0v) is 16.4. The molecule has 1 amide bonds. The largest absolute Gasteiger partial charge is 0.493 e. The number of carbonyl (C=O) groups excluding carboxylic acids is 1. The van der Waals surface area contributed by atoms with E-state index >= 15 is 0 Å². The van der Waals surface area contributed by atoms with Crippen molar-refractivity contribution >= 4 is 52.4 Å². The van der Waals surface area contributed by atoms with Gasteiger partial charge in [0.05, 0.1) is 38.5 Å². The lowest BCUT2D eigenvalue weighted by molar-refractivity contribution is 0.0696. The smallest absolute Gasteiger partial charge is 0.335 e. The van der Waals surface area contributed by atoms with Crippen LogP contribution < -0.4 is 10.1 Å². The van der Waals surface area contributed by atoms with Crippen molar-refractivity contribution in [3.63, 3.8) is 0 Å². The van der Waals surface area contributed by atoms with Gasteiger partial charge in [0.1, 0.15) is 5.75 Å². The van der Waals surface area contributed by atoms with Crippen molar-refractivity contribution < 1.29 is 19.4 Å². The second-order valence-electron chi connectivity index (χ2n) is 6.32. The fraction of sp³-hybridized carbons (Fsp3) is 0.263. The SMILES string of the molecule is O=C(O)c1cc(Cl)c(NC(=O)c2cc(OCC3CCC3)ccc2Cl)c(Cl)c1. The lowest BCUT2D eigenvalue weighted by atomic mass is 9.86. The zero-order valence-electron chi connectivity index (χ0n) is 14.1. The first-order valence-electron chi connectivity index (χ1n) is 8.31. The van der Waals surface area contributed by atoms with Gasteiger partial charge >= 0.3 is 5.97 Å². The van der Waals surface area contributed by atoms with E-state index in [1.807, 2.05) is 0 Å². The predicted molar refractivity (Wildman–Crippen MR) is 106 cm³/mol. The van der Waals surface area contributed by atoms with Crippen LogP contribution in [0.25, 0.3) is 0 Å². The molecule has 2 N–H and O–H groups in total. The molecular weight excluding hydrogens is 413 g/mol. The number of hydrogen-bond donors (Lipinski definition) is 2. The first-order valence-corrected chi connectivity index (χ1v) is 9.44. The molecule has 1 fully saturated rings. The molecule has 2 aromatic rings. The maximum absolute atomic E-state index is 12.6. The molecule has 0 heterocycles. The summed E-state index contributed by atoms with van der Waals surface area (Å²) in [6.45, 7) is 0.608. The number of rotatable bonds is 6. The van der Waals surface area contributed by atoms with E-state index in [0.717, 1.165) is 12.8 Å². The zero-order chi connectivity index (χ0) is 19.6. The number of benzene rings is 2. The van der Waals surface area contributed by atoms with Gasteiger partial charge in [-0.2, -0.15) is 0 Å². The summed E-state index contributed by atoms with van der Waals surface area (Å²) in [6, 6.07) is 7.28. The van der Waals surface area contributed by atoms with Gasteiger partial charge in [-0.05, 0) is 49.1 Å². The van der Waals surface area contributed by atoms with Crippen LogP contribution in [0.15, 0.2) is 30.3 Å². The number of aromatic carboxylic acids is 1. The summed E-state index contributed by atoms with van der Waals surface area (Å²) in [5, 5.41) is 11.9. The van der Waals surface area contributed by atoms with E-state index < -0.39 is 11.9 Å². The molecule has 0 aliphatic heterocycles. The van der Waals surface area contributed by atoms with Gasteiger partial charge in [0.2, 0.25) is 0 Å². The van der Waals surface area contributed by atoms with Gasteiger partial charge in [0.25, 0.3) is 5.91 Å². The number of anilines is 1. The summed E-state index contributed by atoms with van der Waals surface area (Å²) in [5.41, 5.74) is 0.245. The first kappa shape index (κ1) is 19.8. The van der Waals surface area contributed by atoms with Crippen LogP contribution >= 0.6 is 34.8 Å². The first-order chi connectivity index (χ1) is 12.8. The Bertz CT molecular complexity index is 874. The van der Waals surface area contributed by atoms with E-state index in [9.17, 15) is 9.59 Å². The number of carboxylic acid groups (broad SMARTS) is 1. The molecule has 5 nitrogen and oxygen atoms in total. The molecule has 0 atom stereocenters. The molecule has 2 aromatic carbocycles. The van der Waals surface area contributed by atoms with Crippen molar-refractivity contribution in [3.8, 4) is 5.75 Å². The lowest BCUT2D eigenvalue weighted by Crippen LogP contribution is -2.19. The summed E-state index contributed by atoms with van der Waals surface area (Å²) >= 11 is 18.3. The predicted octanol–water partition coefficient (Wildman–Crippen LogP) is 5.78. The molecule has 8 heteroatoms. The Morgan fingerprint density at radius 3 is 2.30 bits per heavy atom. The van der Waals surface area contributed by atoms with Gasteiger partial charge in [0, 0.05) is 0 Å². The van der Waals surface area contributed by atoms with E-state index in [-0.39, 0.29) is 31.9 Å². The molecule has 1 aliphatic rings. The second-order valence-corrected chi connectivity index (χ2v) is 7.55. The van der Waals surface area contributed by atoms with Gasteiger partial charge in [-0.25, -0.2) is 4.79 Å². The number of nitrogens with one attached hydrogen (secondary N) is 1. The minimum absolute atomic E-state index is 0.0155. The molecule has 0 aromatic heterocycles. The van der Waals surface area contributed by atoms with Crippen LogP contribution in [-0.2, 0) is 0 Å². The number of amides is 1. The van der Waals surface area contributed by atoms with Gasteiger partial charge < -0.3 is 15.2 Å². The van der Waals surface area contributed by atoms with Crippen molar-refractivity contribution in [1.29, 1.82) is 0 Å². The number of carboxylic acids is 1. The normalized spacial score (nSPS) is 13.7. The van der Waals surface area contributed by atoms with Crippen LogP contribution in [0.4, 0.5) is 5.69 Å². The molecule has 0 radical (unpaired) electrons. The molecule has 0 unspecified atom stereocenters. The standard InChI is InChI=1S/C19H16Cl3NO4/c20-14-5-4-12(27-9-10-2-1-3-10)8-13(14)18(24)23-17-15(21)6-11(19(25)26)7-16(17)22/h4-8,10H,1-3,9H2,(H,23,24)(H,25,26). The van der Waals surface area contributed by atoms with Crippen LogP contribution in [0.2, 0.25) is 15.1 Å². The maximum Gasteiger partial charge on any atom is 0.335 e. The maximum atomic E-state index is 12.6. The third-order valence-electron chi connectivity index (χ3n) is 4.42. The lowest BCUT2D eigenvalue weighted by Gasteiger charge is -2.25. The highest BCUT2D eigenvalue weighted by molar-refractivity contribution is 6.41. The summed E-state index contributed by atoms with van der Waals surface area (Å²) in [7, 11) is 0. The van der Waals surface area contributed by atoms with Crippen LogP contribution in [0.5, 0.6) is 5.75 Å². The third kappa shape index (κ3) is 4.67. The Balaban J connectivity index is 1.78. The quantitative estimate of drug-likeness (QED) is 0.612. The molecule has 0 saturated heterocycles. The molecular formula is C19H16Cl3NO4. The van der Waals surface area contributed by atoms with Gasteiger partial charge in [-0.1, -0.05) is 41.2 Å². The Hall–Kier alpha value is -1.95. The summed E-state index contributed by atoms with van der Waals surface area (Å²) in [5.74, 6) is -0.588. The van der Waals surface area contributed by atoms with Crippen molar-refractivity contribution in [1.82, 2.24) is 0 Å². The molecule has 1 aliphatic carbocycles. The van der Waals surface area contributed by atoms with Crippen molar-refractivity contribution in [2.24, 2.45) is 5.92 Å². The van der Waals surface area contributed by atoms with E-state index in [1.165, 1.54) is 18.6 Å². The second kappa shape index (κ2) is 8.38. The highest BCUT2D eigenvalue weighted by atomic mass is 35.5. The van der Waals surface area contributed by atoms with Crippen LogP contribution in [0, 0.1) is 5.92 Å². The molecule has 0 spiro atoms. The van der Waals surface area contributed by atoms with E-state index in [2.05, 4.69) is 5.32 Å². The third-order valence-corrected chi connectivity index (χ3v) is 5.35. The molecule has 27 heavy (non-hydrogen) atoms. The van der Waals surface area contributed by atoms with Crippen LogP contribution in [0.3, 0.4) is 0 Å². The monoisotopic (exact) mass is 427 g/mol. The molecule has 3 rings (SSSR count). The van der Waals surface area contributed by atoms with E-state index in [0.29, 0.717) is 18.3 Å². The van der Waals surface area contributed by atoms with Crippen molar-refractivity contribution in [2.75, 3.05) is 11.9 Å². The topological polar surface area (TPSA) is 75.6 Å². The molecule has 1 saturated carbocycles. The highest BCUT2D eigenvalue weighted by Gasteiger charge is 2.20. The highest BCUT2D eigenvalue weighted by Crippen LogP contribution is 2.33. The summed E-state index contributed by atoms with van der Waals surface area (Å²) in [4.78, 5) is 23.7. The Morgan fingerprint density at radius 2 is 1.74 bits per heavy atom. The van der Waals surface area contributed by atoms with E-state index in [1.54, 1.807) is 18.2 Å². The fourth-order valence-electron chi connectivity index (χ4n) is 2.64. The Labute approximate surface area is 171 Å². The van der Waals surface area contributed by atoms with Crippen molar-refractivity contribution in [3.05, 3.63) is 56.5 Å². The average Bonchev–Trinajstić information content (AvgIpc) is 2.57. The van der Waals surface area contributed by atoms with Gasteiger partial charge in [-0.3, -0.25) is 4.79 Å². The van der Waals surface area contributed by atoms with Crippen LogP contribution in [0.1, 0.15) is 40.0 Å². The minimum Gasteiger partial charge on any atom is -0.493 e. The van der Waals surface area contributed by atoms with Crippen LogP contribution in [-0.4, -0.2) is 23.6 Å². The van der Waals surface area contributed by atoms with Gasteiger partial charge in [-0.15, -0.1) is 0 Å². The summed E-state index contributed by atoms with van der Waals surface area (Å²) < 4.78 is 5.74. The number of hydrogen-bond acceptors (Lipinski definition) is 3. The Morgan fingerprint density at radius 1 is 1.07 bits per heavy atom. The number of halogens is 3. The Kier molecular flexibility index (Phi) is 6.15. The fourth-order valence-corrected chi connectivity index (χ4v) is 3.42. The average molecular weight is 429 g/mol. The molecule has 0 bridgehead atoms. The molecule has 142 valence electrons. The van der Waals surface area contributed by atoms with Gasteiger partial charge in [0.15, 0.2) is 0 Å². The minimum atomic E-state index is -1.17. The van der Waals surface area contributed by atoms with Crippen molar-refractivity contribution in [2.45, 2.75) is 19.3 Å². The summed E-state index contributed by atoms with van der Waals surface area (Å²) in [6.07, 6.45) is 3.54.